The number of piperidine rings is 1. The quantitative estimate of drug-likeness (QED) is 0.672. The summed E-state index contributed by atoms with van der Waals surface area (Å²) in [6, 6.07) is -0.520. The summed E-state index contributed by atoms with van der Waals surface area (Å²) in [5, 5.41) is 4.99. The highest BCUT2D eigenvalue weighted by molar-refractivity contribution is 5.82. The van der Waals surface area contributed by atoms with Crippen LogP contribution < -0.4 is 10.6 Å². The standard InChI is InChI=1S/C8H13F3N2O/c1-5-6(3-2-4-12-5)13-7(14)8(9,10)11/h5-6,12H,2-4H2,1H3,(H,13,14)/t5-,6+/m1/s1. The van der Waals surface area contributed by atoms with Crippen LogP contribution in [0.2, 0.25) is 0 Å². The zero-order chi connectivity index (χ0) is 10.8. The van der Waals surface area contributed by atoms with E-state index in [9.17, 15) is 18.0 Å². The fourth-order valence-corrected chi connectivity index (χ4v) is 1.49. The second kappa shape index (κ2) is 4.16. The van der Waals surface area contributed by atoms with Crippen LogP contribution in [0.1, 0.15) is 19.8 Å². The van der Waals surface area contributed by atoms with Gasteiger partial charge in [-0.25, -0.2) is 0 Å². The average molecular weight is 210 g/mol. The van der Waals surface area contributed by atoms with Crippen molar-refractivity contribution in [3.8, 4) is 0 Å². The number of carbonyl (C=O) groups is 1. The molecule has 0 aliphatic carbocycles. The lowest BCUT2D eigenvalue weighted by Gasteiger charge is -2.30. The van der Waals surface area contributed by atoms with Crippen molar-refractivity contribution in [1.29, 1.82) is 0 Å². The predicted molar refractivity (Wildman–Crippen MR) is 44.7 cm³/mol. The molecule has 0 aromatic rings. The molecular weight excluding hydrogens is 197 g/mol. The molecule has 0 aromatic carbocycles. The number of hydrogen-bond donors (Lipinski definition) is 2. The minimum Gasteiger partial charge on any atom is -0.344 e. The maximum Gasteiger partial charge on any atom is 0.471 e. The highest BCUT2D eigenvalue weighted by Gasteiger charge is 2.40. The van der Waals surface area contributed by atoms with Crippen LogP contribution in [0.15, 0.2) is 0 Å². The Hall–Kier alpha value is -0.780. The van der Waals surface area contributed by atoms with Crippen molar-refractivity contribution in [3.63, 3.8) is 0 Å². The number of hydrogen-bond acceptors (Lipinski definition) is 2. The van der Waals surface area contributed by atoms with E-state index in [0.717, 1.165) is 13.0 Å². The molecule has 1 heterocycles. The van der Waals surface area contributed by atoms with Gasteiger partial charge in [0.2, 0.25) is 0 Å². The summed E-state index contributed by atoms with van der Waals surface area (Å²) in [5.41, 5.74) is 0. The lowest BCUT2D eigenvalue weighted by molar-refractivity contribution is -0.174. The third-order valence-electron chi connectivity index (χ3n) is 2.34. The van der Waals surface area contributed by atoms with Crippen LogP contribution in [0.5, 0.6) is 0 Å². The summed E-state index contributed by atoms with van der Waals surface area (Å²) in [7, 11) is 0. The molecule has 1 aliphatic rings. The third kappa shape index (κ3) is 2.87. The second-order valence-electron chi connectivity index (χ2n) is 3.46. The zero-order valence-electron chi connectivity index (χ0n) is 7.82. The molecule has 1 rings (SSSR count). The molecule has 1 saturated heterocycles. The fraction of sp³-hybridized carbons (Fsp3) is 0.875. The lowest BCUT2D eigenvalue weighted by atomic mass is 10.00. The van der Waals surface area contributed by atoms with Crippen LogP contribution in [0, 0.1) is 0 Å². The number of carbonyl (C=O) groups excluding carboxylic acids is 1. The van der Waals surface area contributed by atoms with Crippen LogP contribution in [-0.4, -0.2) is 30.7 Å². The first-order valence-corrected chi connectivity index (χ1v) is 4.52. The molecule has 1 fully saturated rings. The van der Waals surface area contributed by atoms with Gasteiger partial charge in [-0.05, 0) is 26.3 Å². The molecule has 0 radical (unpaired) electrons. The summed E-state index contributed by atoms with van der Waals surface area (Å²) in [6.45, 7) is 2.56. The van der Waals surface area contributed by atoms with Gasteiger partial charge in [0, 0.05) is 12.1 Å². The molecule has 82 valence electrons. The Bertz CT molecular complexity index is 217. The molecule has 0 spiro atoms. The van der Waals surface area contributed by atoms with Gasteiger partial charge in [0.25, 0.3) is 0 Å². The summed E-state index contributed by atoms with van der Waals surface area (Å²) >= 11 is 0. The molecule has 1 amide bonds. The van der Waals surface area contributed by atoms with Gasteiger partial charge in [0.1, 0.15) is 0 Å². The number of rotatable bonds is 1. The summed E-state index contributed by atoms with van der Waals surface area (Å²) < 4.78 is 35.7. The number of alkyl halides is 3. The van der Waals surface area contributed by atoms with Crippen molar-refractivity contribution in [3.05, 3.63) is 0 Å². The fourth-order valence-electron chi connectivity index (χ4n) is 1.49. The summed E-state index contributed by atoms with van der Waals surface area (Å²) in [6.07, 6.45) is -3.40. The first-order chi connectivity index (χ1) is 6.41. The van der Waals surface area contributed by atoms with Crippen molar-refractivity contribution in [2.75, 3.05) is 6.54 Å². The second-order valence-corrected chi connectivity index (χ2v) is 3.46. The van der Waals surface area contributed by atoms with Gasteiger partial charge >= 0.3 is 12.1 Å². The van der Waals surface area contributed by atoms with Gasteiger partial charge in [-0.3, -0.25) is 4.79 Å². The minimum atomic E-state index is -4.78. The van der Waals surface area contributed by atoms with Crippen molar-refractivity contribution in [1.82, 2.24) is 10.6 Å². The smallest absolute Gasteiger partial charge is 0.344 e. The van der Waals surface area contributed by atoms with Crippen molar-refractivity contribution >= 4 is 5.91 Å². The van der Waals surface area contributed by atoms with Crippen molar-refractivity contribution < 1.29 is 18.0 Å². The highest BCUT2D eigenvalue weighted by Crippen LogP contribution is 2.16. The minimum absolute atomic E-state index is 0.102. The molecular formula is C8H13F3N2O. The molecule has 1 aliphatic heterocycles. The Morgan fingerprint density at radius 3 is 2.64 bits per heavy atom. The van der Waals surface area contributed by atoms with Gasteiger partial charge in [-0.2, -0.15) is 13.2 Å². The molecule has 2 N–H and O–H groups in total. The molecule has 3 nitrogen and oxygen atoms in total. The maximum absolute atomic E-state index is 11.9. The molecule has 0 saturated carbocycles. The maximum atomic E-state index is 11.9. The largest absolute Gasteiger partial charge is 0.471 e. The van der Waals surface area contributed by atoms with E-state index in [0.29, 0.717) is 6.42 Å². The summed E-state index contributed by atoms with van der Waals surface area (Å²) in [4.78, 5) is 10.6. The van der Waals surface area contributed by atoms with E-state index >= 15 is 0 Å². The van der Waals surface area contributed by atoms with Gasteiger partial charge in [0.05, 0.1) is 0 Å². The number of nitrogens with one attached hydrogen (secondary N) is 2. The van der Waals surface area contributed by atoms with Gasteiger partial charge < -0.3 is 10.6 Å². The number of halogens is 3. The molecule has 0 unspecified atom stereocenters. The Labute approximate surface area is 80.0 Å². The van der Waals surface area contributed by atoms with Gasteiger partial charge in [-0.15, -0.1) is 0 Å². The lowest BCUT2D eigenvalue weighted by Crippen LogP contribution is -2.54. The van der Waals surface area contributed by atoms with E-state index < -0.39 is 18.1 Å². The topological polar surface area (TPSA) is 41.1 Å². The van der Waals surface area contributed by atoms with Crippen LogP contribution in [-0.2, 0) is 4.79 Å². The zero-order valence-corrected chi connectivity index (χ0v) is 7.82. The Morgan fingerprint density at radius 2 is 2.14 bits per heavy atom. The van der Waals surface area contributed by atoms with E-state index in [2.05, 4.69) is 5.32 Å². The first kappa shape index (κ1) is 11.3. The normalized spacial score (nSPS) is 28.6. The van der Waals surface area contributed by atoms with E-state index in [4.69, 9.17) is 0 Å². The van der Waals surface area contributed by atoms with Crippen LogP contribution in [0.3, 0.4) is 0 Å². The van der Waals surface area contributed by atoms with E-state index in [1.807, 2.05) is 5.32 Å². The molecule has 14 heavy (non-hydrogen) atoms. The van der Waals surface area contributed by atoms with Gasteiger partial charge in [0.15, 0.2) is 0 Å². The Morgan fingerprint density at radius 1 is 1.50 bits per heavy atom. The monoisotopic (exact) mass is 210 g/mol. The van der Waals surface area contributed by atoms with E-state index in [1.54, 1.807) is 6.92 Å². The van der Waals surface area contributed by atoms with Crippen molar-refractivity contribution in [2.45, 2.75) is 38.0 Å². The van der Waals surface area contributed by atoms with Crippen LogP contribution >= 0.6 is 0 Å². The van der Waals surface area contributed by atoms with Crippen molar-refractivity contribution in [2.24, 2.45) is 0 Å². The van der Waals surface area contributed by atoms with E-state index in [-0.39, 0.29) is 6.04 Å². The average Bonchev–Trinajstić information content (AvgIpc) is 2.07. The third-order valence-corrected chi connectivity index (χ3v) is 2.34. The number of amides is 1. The van der Waals surface area contributed by atoms with Crippen LogP contribution in [0.25, 0.3) is 0 Å². The summed E-state index contributed by atoms with van der Waals surface area (Å²) in [5.74, 6) is -1.85. The van der Waals surface area contributed by atoms with E-state index in [1.165, 1.54) is 0 Å². The molecule has 6 heteroatoms. The van der Waals surface area contributed by atoms with Crippen LogP contribution in [0.4, 0.5) is 13.2 Å². The SMILES string of the molecule is C[C@H]1NCCC[C@@H]1NC(=O)C(F)(F)F. The predicted octanol–water partition coefficient (Wildman–Crippen LogP) is 0.805. The molecule has 0 aromatic heterocycles. The Balaban J connectivity index is 2.46. The molecule has 0 bridgehead atoms. The molecule has 2 atom stereocenters. The first-order valence-electron chi connectivity index (χ1n) is 4.52. The Kier molecular flexibility index (Phi) is 3.36. The highest BCUT2D eigenvalue weighted by atomic mass is 19.4. The van der Waals surface area contributed by atoms with Gasteiger partial charge in [-0.1, -0.05) is 0 Å².